The van der Waals surface area contributed by atoms with E-state index in [4.69, 9.17) is 5.26 Å². The number of hydrogen-bond donors (Lipinski definition) is 1. The van der Waals surface area contributed by atoms with Crippen LogP contribution >= 0.6 is 0 Å². The fourth-order valence-electron chi connectivity index (χ4n) is 2.25. The molecule has 8 heteroatoms. The summed E-state index contributed by atoms with van der Waals surface area (Å²) in [5.74, 6) is 0. The van der Waals surface area contributed by atoms with Crippen LogP contribution in [0.4, 0.5) is 29.3 Å². The fraction of sp³-hybridized carbons (Fsp3) is 0.176. The third kappa shape index (κ3) is 4.64. The van der Waals surface area contributed by atoms with Crippen LogP contribution < -0.4 is 15.3 Å². The minimum atomic E-state index is -4.38. The van der Waals surface area contributed by atoms with Crippen molar-refractivity contribution in [2.75, 3.05) is 17.3 Å². The highest BCUT2D eigenvalue weighted by Gasteiger charge is 2.29. The van der Waals surface area contributed by atoms with Crippen LogP contribution in [0.1, 0.15) is 16.7 Å². The van der Waals surface area contributed by atoms with Gasteiger partial charge in [-0.15, -0.1) is 0 Å². The van der Waals surface area contributed by atoms with Crippen molar-refractivity contribution >= 4 is 17.5 Å². The Kier molecular flexibility index (Phi) is 5.17. The van der Waals surface area contributed by atoms with Crippen molar-refractivity contribution in [1.29, 1.82) is 5.26 Å². The Morgan fingerprint density at radius 2 is 1.88 bits per heavy atom. The summed E-state index contributed by atoms with van der Waals surface area (Å²) in [6, 6.07) is 11.2. The molecule has 0 saturated carbocycles. The van der Waals surface area contributed by atoms with Crippen molar-refractivity contribution in [3.8, 4) is 6.07 Å². The summed E-state index contributed by atoms with van der Waals surface area (Å²) in [6.45, 7) is 0.316. The summed E-state index contributed by atoms with van der Waals surface area (Å²) in [5, 5.41) is 21.7. The zero-order valence-corrected chi connectivity index (χ0v) is 13.1. The van der Waals surface area contributed by atoms with Gasteiger partial charge in [0, 0.05) is 19.3 Å². The number of nitriles is 1. The molecule has 0 unspecified atom stereocenters. The molecule has 0 heterocycles. The molecule has 130 valence electrons. The van der Waals surface area contributed by atoms with Gasteiger partial charge >= 0.3 is 6.18 Å². The molecular formula is C17H13F3N3O2-. The maximum atomic E-state index is 12.6. The van der Waals surface area contributed by atoms with Gasteiger partial charge in [0.05, 0.1) is 16.8 Å². The third-order valence-electron chi connectivity index (χ3n) is 3.50. The third-order valence-corrected chi connectivity index (χ3v) is 3.50. The molecule has 0 bridgehead atoms. The predicted octanol–water partition coefficient (Wildman–Crippen LogP) is 2.97. The Bertz CT molecular complexity index is 811. The first-order valence-electron chi connectivity index (χ1n) is 7.10. The number of amides is 1. The second-order valence-electron chi connectivity index (χ2n) is 5.30. The van der Waals surface area contributed by atoms with E-state index in [1.54, 1.807) is 18.0 Å². The number of nitrogens with zero attached hydrogens (tertiary/aromatic N) is 2. The number of carbonyl (C=O) groups excluding carboxylic acids is 1. The van der Waals surface area contributed by atoms with Crippen molar-refractivity contribution in [3.63, 3.8) is 0 Å². The summed E-state index contributed by atoms with van der Waals surface area (Å²) in [7, 11) is 1.71. The van der Waals surface area contributed by atoms with E-state index in [1.807, 2.05) is 11.4 Å². The average Bonchev–Trinajstić information content (AvgIpc) is 2.54. The minimum Gasteiger partial charge on any atom is -0.530 e. The van der Waals surface area contributed by atoms with E-state index in [0.717, 1.165) is 12.1 Å². The van der Waals surface area contributed by atoms with Crippen molar-refractivity contribution in [1.82, 2.24) is 0 Å². The Hall–Kier alpha value is -3.21. The molecule has 0 aliphatic carbocycles. The van der Waals surface area contributed by atoms with E-state index in [1.165, 1.54) is 24.3 Å². The van der Waals surface area contributed by atoms with E-state index < -0.39 is 17.8 Å². The Labute approximate surface area is 141 Å². The minimum absolute atomic E-state index is 0.106. The topological polar surface area (TPSA) is 79.2 Å². The number of hydrogen-bond acceptors (Lipinski definition) is 4. The van der Waals surface area contributed by atoms with E-state index in [9.17, 15) is 23.1 Å². The van der Waals surface area contributed by atoms with Gasteiger partial charge in [-0.2, -0.15) is 18.4 Å². The standard InChI is InChI=1S/C17H14F3N3O2/c1-23(10-11-2-4-13(5-3-11)17(18,19)20)14-6-7-15(22-16(24)25)12(8-14)9-21/h2-8,22H,10H2,1H3,(H,24,25)/p-1. The van der Waals surface area contributed by atoms with Gasteiger partial charge in [0.15, 0.2) is 0 Å². The monoisotopic (exact) mass is 348 g/mol. The molecule has 0 aliphatic heterocycles. The predicted molar refractivity (Wildman–Crippen MR) is 83.7 cm³/mol. The number of benzene rings is 2. The van der Waals surface area contributed by atoms with Crippen LogP contribution in [0.15, 0.2) is 42.5 Å². The molecule has 2 aromatic rings. The Morgan fingerprint density at radius 3 is 2.40 bits per heavy atom. The van der Waals surface area contributed by atoms with Gasteiger partial charge in [-0.25, -0.2) is 0 Å². The second-order valence-corrected chi connectivity index (χ2v) is 5.30. The average molecular weight is 348 g/mol. The lowest BCUT2D eigenvalue weighted by Crippen LogP contribution is -2.29. The number of halogens is 3. The van der Waals surface area contributed by atoms with Gasteiger partial charge in [0.2, 0.25) is 0 Å². The van der Waals surface area contributed by atoms with E-state index in [2.05, 4.69) is 0 Å². The number of carboxylic acid groups (broad SMARTS) is 1. The smallest absolute Gasteiger partial charge is 0.416 e. The lowest BCUT2D eigenvalue weighted by atomic mass is 10.1. The zero-order chi connectivity index (χ0) is 18.6. The molecule has 0 aromatic heterocycles. The van der Waals surface area contributed by atoms with Gasteiger partial charge in [-0.1, -0.05) is 12.1 Å². The van der Waals surface area contributed by atoms with Gasteiger partial charge in [-0.05, 0) is 35.9 Å². The van der Waals surface area contributed by atoms with Crippen LogP contribution in [0.25, 0.3) is 0 Å². The number of nitrogens with one attached hydrogen (secondary N) is 1. The molecule has 1 amide bonds. The normalized spacial score (nSPS) is 10.8. The summed E-state index contributed by atoms with van der Waals surface area (Å²) in [4.78, 5) is 12.3. The van der Waals surface area contributed by atoms with Crippen molar-refractivity contribution in [2.45, 2.75) is 12.7 Å². The maximum Gasteiger partial charge on any atom is 0.416 e. The lowest BCUT2D eigenvalue weighted by Gasteiger charge is -2.21. The van der Waals surface area contributed by atoms with Gasteiger partial charge in [0.1, 0.15) is 12.2 Å². The Balaban J connectivity index is 2.16. The molecule has 0 fully saturated rings. The zero-order valence-electron chi connectivity index (χ0n) is 13.1. The first-order valence-corrected chi connectivity index (χ1v) is 7.10. The molecule has 1 N–H and O–H groups in total. The highest BCUT2D eigenvalue weighted by Crippen LogP contribution is 2.29. The molecular weight excluding hydrogens is 335 g/mol. The van der Waals surface area contributed by atoms with E-state index in [0.29, 0.717) is 17.8 Å². The first-order chi connectivity index (χ1) is 11.7. The fourth-order valence-corrected chi connectivity index (χ4v) is 2.25. The van der Waals surface area contributed by atoms with Gasteiger partial charge in [0.25, 0.3) is 0 Å². The number of carbonyl (C=O) groups is 1. The summed E-state index contributed by atoms with van der Waals surface area (Å²) in [5.41, 5.74) is 0.768. The molecule has 0 atom stereocenters. The van der Waals surface area contributed by atoms with Crippen molar-refractivity contribution < 1.29 is 23.1 Å². The lowest BCUT2D eigenvalue weighted by molar-refractivity contribution is -0.242. The van der Waals surface area contributed by atoms with Crippen LogP contribution in [-0.2, 0) is 12.7 Å². The first kappa shape index (κ1) is 18.1. The summed E-state index contributed by atoms with van der Waals surface area (Å²) < 4.78 is 37.7. The van der Waals surface area contributed by atoms with Gasteiger partial charge < -0.3 is 20.1 Å². The molecule has 0 saturated heterocycles. The van der Waals surface area contributed by atoms with Crippen LogP contribution in [0, 0.1) is 11.3 Å². The highest BCUT2D eigenvalue weighted by atomic mass is 19.4. The molecule has 2 rings (SSSR count). The van der Waals surface area contributed by atoms with Crippen LogP contribution in [-0.4, -0.2) is 13.1 Å². The molecule has 0 aliphatic rings. The van der Waals surface area contributed by atoms with Gasteiger partial charge in [-0.3, -0.25) is 0 Å². The summed E-state index contributed by atoms with van der Waals surface area (Å²) >= 11 is 0. The molecule has 2 aromatic carbocycles. The number of rotatable bonds is 4. The second kappa shape index (κ2) is 7.13. The largest absolute Gasteiger partial charge is 0.530 e. The number of alkyl halides is 3. The Morgan fingerprint density at radius 1 is 1.24 bits per heavy atom. The summed E-state index contributed by atoms with van der Waals surface area (Å²) in [6.07, 6.45) is -5.91. The van der Waals surface area contributed by atoms with Crippen molar-refractivity contribution in [2.24, 2.45) is 0 Å². The van der Waals surface area contributed by atoms with E-state index in [-0.39, 0.29) is 11.3 Å². The quantitative estimate of drug-likeness (QED) is 0.921. The SMILES string of the molecule is CN(Cc1ccc(C(F)(F)F)cc1)c1ccc(NC(=O)[O-])c(C#N)c1. The number of anilines is 2. The van der Waals surface area contributed by atoms with Crippen molar-refractivity contribution in [3.05, 3.63) is 59.2 Å². The molecule has 5 nitrogen and oxygen atoms in total. The van der Waals surface area contributed by atoms with Crippen LogP contribution in [0.2, 0.25) is 0 Å². The molecule has 0 spiro atoms. The van der Waals surface area contributed by atoms with Crippen LogP contribution in [0.3, 0.4) is 0 Å². The highest BCUT2D eigenvalue weighted by molar-refractivity contribution is 5.84. The van der Waals surface area contributed by atoms with Crippen LogP contribution in [0.5, 0.6) is 0 Å². The van der Waals surface area contributed by atoms with E-state index >= 15 is 0 Å². The molecule has 25 heavy (non-hydrogen) atoms. The molecule has 0 radical (unpaired) electrons. The maximum absolute atomic E-state index is 12.6.